The number of ether oxygens (including phenoxy) is 1. The number of hydrogen-bond donors (Lipinski definition) is 1. The van der Waals surface area contributed by atoms with Crippen LogP contribution in [-0.2, 0) is 6.42 Å². The second kappa shape index (κ2) is 11.2. The van der Waals surface area contributed by atoms with E-state index in [4.69, 9.17) is 27.9 Å². The molecule has 1 aliphatic heterocycles. The first kappa shape index (κ1) is 25.1. The average molecular weight is 526 g/mol. The molecule has 36 heavy (non-hydrogen) atoms. The third-order valence-corrected chi connectivity index (χ3v) is 7.62. The maximum absolute atomic E-state index is 12.5. The van der Waals surface area contributed by atoms with E-state index in [2.05, 4.69) is 17.0 Å². The van der Waals surface area contributed by atoms with E-state index in [1.807, 2.05) is 36.4 Å². The maximum atomic E-state index is 12.5. The van der Waals surface area contributed by atoms with Crippen LogP contribution >= 0.6 is 23.2 Å². The summed E-state index contributed by atoms with van der Waals surface area (Å²) in [6.45, 7) is 2.30. The molecule has 1 unspecified atom stereocenters. The smallest absolute Gasteiger partial charge is 0.119 e. The number of likely N-dealkylation sites (tertiary alicyclic amines) is 1. The summed E-state index contributed by atoms with van der Waals surface area (Å²) in [6, 6.07) is 19.6. The van der Waals surface area contributed by atoms with E-state index in [1.165, 1.54) is 5.57 Å². The van der Waals surface area contributed by atoms with Crippen LogP contribution < -0.4 is 4.74 Å². The summed E-state index contributed by atoms with van der Waals surface area (Å²) in [5.74, 6) is 1.12. The molecule has 1 N–H and O–H groups in total. The van der Waals surface area contributed by atoms with Crippen LogP contribution in [-0.4, -0.2) is 42.4 Å². The number of rotatable bonds is 7. The Balaban J connectivity index is 1.49. The van der Waals surface area contributed by atoms with Crippen LogP contribution in [0.15, 0.2) is 60.7 Å². The summed E-state index contributed by atoms with van der Waals surface area (Å²) in [5.41, 5.74) is 6.60. The number of allylic oxidation sites excluding steroid dienone is 1. The third-order valence-electron chi connectivity index (χ3n) is 7.07. The van der Waals surface area contributed by atoms with Gasteiger partial charge in [0.15, 0.2) is 0 Å². The second-order valence-electron chi connectivity index (χ2n) is 9.57. The molecular weight excluding hydrogens is 496 g/mol. The predicted octanol–water partition coefficient (Wildman–Crippen LogP) is 7.81. The Morgan fingerprint density at radius 3 is 2.56 bits per heavy atom. The van der Waals surface area contributed by atoms with Gasteiger partial charge in [-0.1, -0.05) is 47.5 Å². The van der Waals surface area contributed by atoms with E-state index in [0.29, 0.717) is 16.5 Å². The second-order valence-corrected chi connectivity index (χ2v) is 10.4. The minimum Gasteiger partial charge on any atom is -0.508 e. The number of nitrogens with zero attached hydrogens (tertiary/aromatic N) is 1. The van der Waals surface area contributed by atoms with E-state index in [1.54, 1.807) is 12.1 Å². The van der Waals surface area contributed by atoms with Crippen molar-refractivity contribution in [2.45, 2.75) is 38.2 Å². The van der Waals surface area contributed by atoms with E-state index >= 15 is 0 Å². The van der Waals surface area contributed by atoms with Gasteiger partial charge < -0.3 is 9.84 Å². The number of aromatic hydroxyl groups is 1. The van der Waals surface area contributed by atoms with Crippen molar-refractivity contribution in [3.05, 3.63) is 93.0 Å². The Hall–Kier alpha value is -2.53. The number of aryl methyl sites for hydroxylation is 1. The molecule has 188 valence electrons. The van der Waals surface area contributed by atoms with Crippen LogP contribution in [0, 0.1) is 0 Å². The molecule has 1 atom stereocenters. The average Bonchev–Trinajstić information content (AvgIpc) is 3.22. The van der Waals surface area contributed by atoms with Gasteiger partial charge in [-0.25, -0.2) is 0 Å². The fraction of sp³-hybridized carbons (Fsp3) is 0.333. The van der Waals surface area contributed by atoms with Gasteiger partial charge in [-0.05, 0) is 102 Å². The summed E-state index contributed by atoms with van der Waals surface area (Å²) in [6.07, 6.45) is 4.35. The zero-order valence-electron chi connectivity index (χ0n) is 20.2. The number of benzene rings is 3. The van der Waals surface area contributed by atoms with Crippen molar-refractivity contribution in [3.8, 4) is 11.5 Å². The van der Waals surface area contributed by atoms with Crippen molar-refractivity contribution < 1.29 is 14.2 Å². The van der Waals surface area contributed by atoms with Gasteiger partial charge in [0.2, 0.25) is 0 Å². The van der Waals surface area contributed by atoms with E-state index in [0.717, 1.165) is 78.9 Å². The van der Waals surface area contributed by atoms with Gasteiger partial charge in [-0.15, -0.1) is 0 Å². The molecule has 3 nitrogen and oxygen atoms in total. The van der Waals surface area contributed by atoms with Gasteiger partial charge in [0.05, 0.1) is 6.67 Å². The monoisotopic (exact) mass is 525 g/mol. The molecular formula is C30H30Cl2FNO2. The molecule has 0 radical (unpaired) electrons. The molecule has 6 heteroatoms. The lowest BCUT2D eigenvalue weighted by Gasteiger charge is -2.19. The topological polar surface area (TPSA) is 32.7 Å². The van der Waals surface area contributed by atoms with E-state index in [9.17, 15) is 9.50 Å². The van der Waals surface area contributed by atoms with Gasteiger partial charge in [0.1, 0.15) is 17.6 Å². The first-order valence-corrected chi connectivity index (χ1v) is 13.3. The Bertz CT molecular complexity index is 1260. The van der Waals surface area contributed by atoms with Gasteiger partial charge >= 0.3 is 0 Å². The normalized spacial score (nSPS) is 18.2. The summed E-state index contributed by atoms with van der Waals surface area (Å²) in [4.78, 5) is 2.27. The maximum Gasteiger partial charge on any atom is 0.119 e. The molecule has 0 saturated carbocycles. The van der Waals surface area contributed by atoms with Gasteiger partial charge in [0.25, 0.3) is 0 Å². The molecule has 1 fully saturated rings. The fourth-order valence-corrected chi connectivity index (χ4v) is 5.90. The van der Waals surface area contributed by atoms with Crippen LogP contribution in [0.2, 0.25) is 10.0 Å². The molecule has 0 aromatic heterocycles. The van der Waals surface area contributed by atoms with Crippen LogP contribution in [0.5, 0.6) is 11.5 Å². The largest absolute Gasteiger partial charge is 0.508 e. The molecule has 5 rings (SSSR count). The van der Waals surface area contributed by atoms with Crippen LogP contribution in [0.1, 0.15) is 47.9 Å². The fourth-order valence-electron chi connectivity index (χ4n) is 5.38. The Labute approximate surface area is 222 Å². The predicted molar refractivity (Wildman–Crippen MR) is 146 cm³/mol. The van der Waals surface area contributed by atoms with Crippen molar-refractivity contribution in [1.82, 2.24) is 4.90 Å². The van der Waals surface area contributed by atoms with Gasteiger partial charge in [-0.2, -0.15) is 0 Å². The molecule has 1 aliphatic carbocycles. The number of hydrogen-bond acceptors (Lipinski definition) is 3. The number of alkyl halides is 1. The van der Waals surface area contributed by atoms with Crippen molar-refractivity contribution >= 4 is 34.3 Å². The lowest BCUT2D eigenvalue weighted by atomic mass is 9.88. The van der Waals surface area contributed by atoms with Crippen molar-refractivity contribution in [1.29, 1.82) is 0 Å². The summed E-state index contributed by atoms with van der Waals surface area (Å²) in [7, 11) is 0. The number of halogens is 3. The van der Waals surface area contributed by atoms with Crippen LogP contribution in [0.4, 0.5) is 4.39 Å². The highest BCUT2D eigenvalue weighted by Gasteiger charge is 2.25. The highest BCUT2D eigenvalue weighted by molar-refractivity contribution is 6.36. The molecule has 3 aromatic rings. The molecule has 0 spiro atoms. The number of fused-ring (bicyclic) bond motifs is 1. The lowest BCUT2D eigenvalue weighted by molar-refractivity contribution is 0.198. The Morgan fingerprint density at radius 1 is 0.972 bits per heavy atom. The van der Waals surface area contributed by atoms with E-state index < -0.39 is 0 Å². The zero-order valence-corrected chi connectivity index (χ0v) is 21.7. The Kier molecular flexibility index (Phi) is 7.85. The quantitative estimate of drug-likeness (QED) is 0.341. The van der Waals surface area contributed by atoms with Gasteiger partial charge in [0, 0.05) is 29.7 Å². The SMILES string of the molecule is Oc1ccc2c(c1)CCCC(c1ccc(Cl)cc1Cl)=C2c1ccc(OC2CCN(CCCF)C2)cc1. The Morgan fingerprint density at radius 2 is 1.78 bits per heavy atom. The van der Waals surface area contributed by atoms with Crippen molar-refractivity contribution in [2.75, 3.05) is 26.3 Å². The van der Waals surface area contributed by atoms with Crippen molar-refractivity contribution in [3.63, 3.8) is 0 Å². The molecule has 0 bridgehead atoms. The standard InChI is InChI=1S/C30H30Cl2FNO2/c31-22-7-11-27(29(32)18-22)28-4-1-3-21-17-23(35)8-12-26(21)30(28)20-5-9-24(10-6-20)36-25-13-16-34(19-25)15-2-14-33/h5-12,17-18,25,35H,1-4,13-16,19H2. The van der Waals surface area contributed by atoms with Crippen LogP contribution in [0.25, 0.3) is 11.1 Å². The van der Waals surface area contributed by atoms with Crippen LogP contribution in [0.3, 0.4) is 0 Å². The first-order chi connectivity index (χ1) is 17.5. The van der Waals surface area contributed by atoms with Gasteiger partial charge in [-0.3, -0.25) is 9.29 Å². The molecule has 1 saturated heterocycles. The molecule has 2 aliphatic rings. The minimum atomic E-state index is -0.273. The zero-order chi connectivity index (χ0) is 25.1. The number of phenolic OH excluding ortho intramolecular Hbond substituents is 1. The summed E-state index contributed by atoms with van der Waals surface area (Å²) in [5, 5.41) is 11.4. The minimum absolute atomic E-state index is 0.125. The molecule has 1 heterocycles. The summed E-state index contributed by atoms with van der Waals surface area (Å²) >= 11 is 12.9. The summed E-state index contributed by atoms with van der Waals surface area (Å²) < 4.78 is 18.8. The lowest BCUT2D eigenvalue weighted by Crippen LogP contribution is -2.26. The number of phenols is 1. The first-order valence-electron chi connectivity index (χ1n) is 12.6. The molecule has 0 amide bonds. The van der Waals surface area contributed by atoms with E-state index in [-0.39, 0.29) is 18.5 Å². The third kappa shape index (κ3) is 5.56. The highest BCUT2D eigenvalue weighted by Crippen LogP contribution is 2.43. The highest BCUT2D eigenvalue weighted by atomic mass is 35.5. The van der Waals surface area contributed by atoms with Crippen molar-refractivity contribution in [2.24, 2.45) is 0 Å². The molecule has 3 aromatic carbocycles.